The summed E-state index contributed by atoms with van der Waals surface area (Å²) in [6.45, 7) is 18.2. The third kappa shape index (κ3) is 5.02. The van der Waals surface area contributed by atoms with Crippen LogP contribution >= 0.6 is 0 Å². The van der Waals surface area contributed by atoms with Crippen LogP contribution in [0.5, 0.6) is 0 Å². The molecule has 0 aromatic rings. The molecule has 4 heteroatoms. The van der Waals surface area contributed by atoms with E-state index in [9.17, 15) is 4.79 Å². The summed E-state index contributed by atoms with van der Waals surface area (Å²) in [5, 5.41) is 0. The standard InChI is InChI=1S/C17H30O3Si/c1-9-17(5)12-13(20-21(6,7)8)10-11-14(17)19-15(18)16(2,3)4/h9-10,14H,1,11-12H2,2-8H3/t14-,17-/m1/s1. The van der Waals surface area contributed by atoms with E-state index in [2.05, 4.69) is 39.2 Å². The van der Waals surface area contributed by atoms with E-state index in [0.717, 1.165) is 12.2 Å². The van der Waals surface area contributed by atoms with Crippen LogP contribution in [0.1, 0.15) is 40.5 Å². The Morgan fingerprint density at radius 3 is 2.43 bits per heavy atom. The van der Waals surface area contributed by atoms with Gasteiger partial charge in [0.25, 0.3) is 0 Å². The number of esters is 1. The Bertz CT molecular complexity index is 440. The second-order valence-electron chi connectivity index (χ2n) is 8.15. The third-order valence-corrected chi connectivity index (χ3v) is 4.49. The minimum absolute atomic E-state index is 0.163. The fraction of sp³-hybridized carbons (Fsp3) is 0.706. The van der Waals surface area contributed by atoms with Crippen molar-refractivity contribution in [2.45, 2.75) is 66.3 Å². The van der Waals surface area contributed by atoms with Gasteiger partial charge in [-0.15, -0.1) is 6.58 Å². The molecule has 0 fully saturated rings. The van der Waals surface area contributed by atoms with Gasteiger partial charge in [-0.2, -0.15) is 0 Å². The van der Waals surface area contributed by atoms with Crippen molar-refractivity contribution in [3.8, 4) is 0 Å². The number of allylic oxidation sites excluding steroid dienone is 1. The van der Waals surface area contributed by atoms with E-state index in [4.69, 9.17) is 9.16 Å². The van der Waals surface area contributed by atoms with Gasteiger partial charge in [0.1, 0.15) is 6.10 Å². The van der Waals surface area contributed by atoms with Gasteiger partial charge in [-0.1, -0.05) is 13.0 Å². The molecular formula is C17H30O3Si. The summed E-state index contributed by atoms with van der Waals surface area (Å²) < 4.78 is 11.8. The molecule has 0 radical (unpaired) electrons. The second-order valence-corrected chi connectivity index (χ2v) is 12.6. The first kappa shape index (κ1) is 18.0. The van der Waals surface area contributed by atoms with Crippen LogP contribution in [0.15, 0.2) is 24.5 Å². The molecule has 0 N–H and O–H groups in total. The highest BCUT2D eigenvalue weighted by Gasteiger charge is 2.40. The number of hydrogen-bond donors (Lipinski definition) is 0. The normalized spacial score (nSPS) is 26.8. The zero-order valence-electron chi connectivity index (χ0n) is 14.6. The van der Waals surface area contributed by atoms with Crippen molar-refractivity contribution in [2.75, 3.05) is 0 Å². The molecule has 0 aliphatic heterocycles. The molecule has 0 unspecified atom stereocenters. The predicted molar refractivity (Wildman–Crippen MR) is 89.4 cm³/mol. The topological polar surface area (TPSA) is 35.5 Å². The number of carbonyl (C=O) groups is 1. The van der Waals surface area contributed by atoms with Crippen LogP contribution < -0.4 is 0 Å². The van der Waals surface area contributed by atoms with Crippen LogP contribution in [0, 0.1) is 10.8 Å². The molecule has 0 amide bonds. The number of rotatable bonds is 4. The fourth-order valence-electron chi connectivity index (χ4n) is 2.23. The zero-order valence-corrected chi connectivity index (χ0v) is 15.6. The van der Waals surface area contributed by atoms with Gasteiger partial charge < -0.3 is 9.16 Å². The van der Waals surface area contributed by atoms with Gasteiger partial charge in [-0.05, 0) is 46.5 Å². The molecule has 0 spiro atoms. The Morgan fingerprint density at radius 1 is 1.43 bits per heavy atom. The lowest BCUT2D eigenvalue weighted by Crippen LogP contribution is -2.41. The minimum atomic E-state index is -1.61. The van der Waals surface area contributed by atoms with E-state index in [-0.39, 0.29) is 17.5 Å². The van der Waals surface area contributed by atoms with Gasteiger partial charge in [0.15, 0.2) is 0 Å². The van der Waals surface area contributed by atoms with Crippen molar-refractivity contribution in [1.29, 1.82) is 0 Å². The quantitative estimate of drug-likeness (QED) is 0.430. The van der Waals surface area contributed by atoms with Crippen LogP contribution in [-0.2, 0) is 14.0 Å². The van der Waals surface area contributed by atoms with Crippen molar-refractivity contribution in [3.05, 3.63) is 24.5 Å². The highest BCUT2D eigenvalue weighted by molar-refractivity contribution is 6.70. The Labute approximate surface area is 130 Å². The maximum Gasteiger partial charge on any atom is 0.311 e. The monoisotopic (exact) mass is 310 g/mol. The Hall–Kier alpha value is -1.03. The summed E-state index contributed by atoms with van der Waals surface area (Å²) >= 11 is 0. The van der Waals surface area contributed by atoms with Crippen LogP contribution in [-0.4, -0.2) is 20.4 Å². The Morgan fingerprint density at radius 2 is 2.00 bits per heavy atom. The van der Waals surface area contributed by atoms with Gasteiger partial charge in [-0.25, -0.2) is 0 Å². The van der Waals surface area contributed by atoms with Crippen LogP contribution in [0.4, 0.5) is 0 Å². The molecule has 120 valence electrons. The zero-order chi connectivity index (χ0) is 16.5. The molecular weight excluding hydrogens is 280 g/mol. The lowest BCUT2D eigenvalue weighted by atomic mass is 9.75. The maximum atomic E-state index is 12.1. The molecule has 0 heterocycles. The van der Waals surface area contributed by atoms with E-state index < -0.39 is 13.7 Å². The smallest absolute Gasteiger partial charge is 0.311 e. The summed E-state index contributed by atoms with van der Waals surface area (Å²) in [6, 6.07) is 0. The average Bonchev–Trinajstić information content (AvgIpc) is 2.29. The number of carbonyl (C=O) groups excluding carboxylic acids is 1. The van der Waals surface area contributed by atoms with Crippen molar-refractivity contribution in [1.82, 2.24) is 0 Å². The van der Waals surface area contributed by atoms with Crippen LogP contribution in [0.2, 0.25) is 19.6 Å². The highest BCUT2D eigenvalue weighted by Crippen LogP contribution is 2.41. The average molecular weight is 311 g/mol. The summed E-state index contributed by atoms with van der Waals surface area (Å²) in [4.78, 5) is 12.1. The first-order chi connectivity index (χ1) is 9.37. The van der Waals surface area contributed by atoms with Gasteiger partial charge in [-0.3, -0.25) is 4.79 Å². The van der Waals surface area contributed by atoms with E-state index in [1.807, 2.05) is 26.8 Å². The van der Waals surface area contributed by atoms with Gasteiger partial charge >= 0.3 is 5.97 Å². The summed E-state index contributed by atoms with van der Waals surface area (Å²) in [6.07, 6.45) is 5.22. The number of ether oxygens (including phenoxy) is 1. The largest absolute Gasteiger partial charge is 0.548 e. The minimum Gasteiger partial charge on any atom is -0.548 e. The number of hydrogen-bond acceptors (Lipinski definition) is 3. The van der Waals surface area contributed by atoms with E-state index in [1.165, 1.54) is 0 Å². The van der Waals surface area contributed by atoms with Crippen molar-refractivity contribution >= 4 is 14.3 Å². The molecule has 21 heavy (non-hydrogen) atoms. The Balaban J connectivity index is 2.88. The summed E-state index contributed by atoms with van der Waals surface area (Å²) in [5.41, 5.74) is -0.758. The molecule has 1 aliphatic rings. The van der Waals surface area contributed by atoms with Crippen molar-refractivity contribution in [2.24, 2.45) is 10.8 Å². The SMILES string of the molecule is C=C[C@]1(C)CC(O[Si](C)(C)C)=CC[C@H]1OC(=O)C(C)(C)C. The lowest BCUT2D eigenvalue weighted by molar-refractivity contribution is -0.164. The first-order valence-electron chi connectivity index (χ1n) is 7.60. The van der Waals surface area contributed by atoms with Crippen LogP contribution in [0.25, 0.3) is 0 Å². The molecule has 0 aromatic heterocycles. The molecule has 0 bridgehead atoms. The van der Waals surface area contributed by atoms with Crippen molar-refractivity contribution in [3.63, 3.8) is 0 Å². The van der Waals surface area contributed by atoms with E-state index >= 15 is 0 Å². The molecule has 0 aromatic carbocycles. The summed E-state index contributed by atoms with van der Waals surface area (Å²) in [7, 11) is -1.61. The predicted octanol–water partition coefficient (Wildman–Crippen LogP) is 4.67. The van der Waals surface area contributed by atoms with Gasteiger partial charge in [0, 0.05) is 18.3 Å². The maximum absolute atomic E-state index is 12.1. The molecule has 1 rings (SSSR count). The summed E-state index contributed by atoms with van der Waals surface area (Å²) in [5.74, 6) is 0.850. The Kier molecular flexibility index (Phi) is 5.14. The van der Waals surface area contributed by atoms with E-state index in [0.29, 0.717) is 6.42 Å². The van der Waals surface area contributed by atoms with Crippen LogP contribution in [0.3, 0.4) is 0 Å². The van der Waals surface area contributed by atoms with E-state index in [1.54, 1.807) is 0 Å². The first-order valence-corrected chi connectivity index (χ1v) is 11.0. The van der Waals surface area contributed by atoms with Crippen molar-refractivity contribution < 1.29 is 14.0 Å². The molecule has 2 atom stereocenters. The third-order valence-electron chi connectivity index (χ3n) is 3.62. The fourth-order valence-corrected chi connectivity index (χ4v) is 3.17. The molecule has 0 saturated carbocycles. The molecule has 3 nitrogen and oxygen atoms in total. The van der Waals surface area contributed by atoms with Gasteiger partial charge in [0.05, 0.1) is 11.2 Å². The highest BCUT2D eigenvalue weighted by atomic mass is 28.4. The molecule has 1 aliphatic carbocycles. The second kappa shape index (κ2) is 5.99. The molecule has 0 saturated heterocycles. The lowest BCUT2D eigenvalue weighted by Gasteiger charge is -2.40. The van der Waals surface area contributed by atoms with Gasteiger partial charge in [0.2, 0.25) is 8.32 Å².